The largest absolute Gasteiger partial charge is 0.480 e. The number of rotatable bonds is 7. The minimum absolute atomic E-state index is 0.0356. The maximum atomic E-state index is 5.34. The normalized spacial score (nSPS) is 12.2. The van der Waals surface area contributed by atoms with Crippen molar-refractivity contribution in [3.8, 4) is 11.8 Å². The number of furan rings is 1. The summed E-state index contributed by atoms with van der Waals surface area (Å²) in [7, 11) is 5.01. The quantitative estimate of drug-likeness (QED) is 0.834. The van der Waals surface area contributed by atoms with Crippen molar-refractivity contribution in [2.75, 3.05) is 21.3 Å². The van der Waals surface area contributed by atoms with Crippen LogP contribution in [0.25, 0.3) is 0 Å². The summed E-state index contributed by atoms with van der Waals surface area (Å²) in [6, 6.07) is 3.88. The van der Waals surface area contributed by atoms with Crippen LogP contribution in [-0.4, -0.2) is 31.2 Å². The molecule has 1 N–H and O–H groups in total. The Balaban J connectivity index is 2.13. The molecule has 2 rings (SSSR count). The summed E-state index contributed by atoms with van der Waals surface area (Å²) in [6.45, 7) is 0. The van der Waals surface area contributed by atoms with E-state index in [1.165, 1.54) is 0 Å². The summed E-state index contributed by atoms with van der Waals surface area (Å²) < 4.78 is 15.7. The molecule has 0 fully saturated rings. The van der Waals surface area contributed by atoms with Gasteiger partial charge in [-0.2, -0.15) is 4.98 Å². The van der Waals surface area contributed by atoms with Crippen LogP contribution in [0, 0.1) is 0 Å². The highest BCUT2D eigenvalue weighted by atomic mass is 16.5. The minimum Gasteiger partial charge on any atom is -0.480 e. The average Bonchev–Trinajstić information content (AvgIpc) is 3.01. The van der Waals surface area contributed by atoms with Crippen molar-refractivity contribution >= 4 is 0 Å². The topological polar surface area (TPSA) is 69.4 Å². The Morgan fingerprint density at radius 3 is 2.80 bits per heavy atom. The highest BCUT2D eigenvalue weighted by Gasteiger charge is 2.18. The second-order valence-electron chi connectivity index (χ2n) is 4.27. The second kappa shape index (κ2) is 6.91. The van der Waals surface area contributed by atoms with Crippen LogP contribution in [0.4, 0.5) is 0 Å². The Kier molecular flexibility index (Phi) is 4.95. The van der Waals surface area contributed by atoms with Crippen molar-refractivity contribution in [2.45, 2.75) is 18.9 Å². The van der Waals surface area contributed by atoms with Crippen molar-refractivity contribution in [3.05, 3.63) is 36.0 Å². The molecule has 2 aromatic rings. The highest BCUT2D eigenvalue weighted by molar-refractivity contribution is 5.25. The van der Waals surface area contributed by atoms with Crippen molar-refractivity contribution in [1.82, 2.24) is 15.3 Å². The van der Waals surface area contributed by atoms with Gasteiger partial charge in [0.1, 0.15) is 11.5 Å². The summed E-state index contributed by atoms with van der Waals surface area (Å²) >= 11 is 0. The molecule has 0 aliphatic rings. The molecule has 0 bridgehead atoms. The van der Waals surface area contributed by atoms with Crippen LogP contribution in [-0.2, 0) is 6.42 Å². The number of nitrogens with zero attached hydrogens (tertiary/aromatic N) is 2. The zero-order chi connectivity index (χ0) is 14.4. The average molecular weight is 277 g/mol. The minimum atomic E-state index is 0.0356. The first-order valence-electron chi connectivity index (χ1n) is 6.43. The Bertz CT molecular complexity index is 528. The molecule has 0 radical (unpaired) electrons. The van der Waals surface area contributed by atoms with E-state index in [1.807, 2.05) is 19.2 Å². The van der Waals surface area contributed by atoms with E-state index in [0.717, 1.165) is 24.3 Å². The van der Waals surface area contributed by atoms with Crippen molar-refractivity contribution in [1.29, 1.82) is 0 Å². The summed E-state index contributed by atoms with van der Waals surface area (Å²) in [6.07, 6.45) is 4.92. The van der Waals surface area contributed by atoms with Gasteiger partial charge in [-0.25, -0.2) is 4.98 Å². The third-order valence-electron chi connectivity index (χ3n) is 3.09. The molecule has 2 aromatic heterocycles. The molecule has 6 nitrogen and oxygen atoms in total. The molecule has 1 unspecified atom stereocenters. The lowest BCUT2D eigenvalue weighted by molar-refractivity contribution is 0.348. The Labute approximate surface area is 118 Å². The van der Waals surface area contributed by atoms with Crippen LogP contribution in [0.5, 0.6) is 11.8 Å². The molecule has 2 heterocycles. The van der Waals surface area contributed by atoms with Gasteiger partial charge in [0, 0.05) is 6.42 Å². The molecule has 0 aliphatic heterocycles. The van der Waals surface area contributed by atoms with Gasteiger partial charge in [0.2, 0.25) is 11.8 Å². The lowest BCUT2D eigenvalue weighted by atomic mass is 10.1. The van der Waals surface area contributed by atoms with Crippen LogP contribution < -0.4 is 14.8 Å². The summed E-state index contributed by atoms with van der Waals surface area (Å²) in [5, 5.41) is 3.23. The molecule has 1 atom stereocenters. The van der Waals surface area contributed by atoms with Gasteiger partial charge in [-0.15, -0.1) is 0 Å². The van der Waals surface area contributed by atoms with E-state index in [0.29, 0.717) is 11.8 Å². The van der Waals surface area contributed by atoms with Gasteiger partial charge in [-0.05, 0) is 25.6 Å². The zero-order valence-corrected chi connectivity index (χ0v) is 11.9. The smallest absolute Gasteiger partial charge is 0.240 e. The molecule has 0 saturated carbocycles. The molecular formula is C14H19N3O3. The third kappa shape index (κ3) is 3.27. The first-order chi connectivity index (χ1) is 9.78. The number of nitrogens with one attached hydrogen (secondary N) is 1. The van der Waals surface area contributed by atoms with Crippen LogP contribution >= 0.6 is 0 Å². The molecule has 0 aromatic carbocycles. The second-order valence-corrected chi connectivity index (χ2v) is 4.27. The molecular weight excluding hydrogens is 258 g/mol. The summed E-state index contributed by atoms with van der Waals surface area (Å²) in [4.78, 5) is 8.64. The SMILES string of the molecule is CNC(CCc1ccco1)c1ncc(OC)nc1OC. The number of hydrogen-bond acceptors (Lipinski definition) is 6. The predicted molar refractivity (Wildman–Crippen MR) is 74.0 cm³/mol. The van der Waals surface area contributed by atoms with Gasteiger partial charge < -0.3 is 19.2 Å². The highest BCUT2D eigenvalue weighted by Crippen LogP contribution is 2.26. The van der Waals surface area contributed by atoms with Gasteiger partial charge in [0.05, 0.1) is 32.7 Å². The van der Waals surface area contributed by atoms with Crippen LogP contribution in [0.1, 0.15) is 23.9 Å². The van der Waals surface area contributed by atoms with Gasteiger partial charge in [0.15, 0.2) is 0 Å². The van der Waals surface area contributed by atoms with Crippen molar-refractivity contribution in [2.24, 2.45) is 0 Å². The Morgan fingerprint density at radius 1 is 1.35 bits per heavy atom. The monoisotopic (exact) mass is 277 g/mol. The molecule has 6 heteroatoms. The van der Waals surface area contributed by atoms with E-state index in [4.69, 9.17) is 13.9 Å². The maximum absolute atomic E-state index is 5.34. The van der Waals surface area contributed by atoms with Crippen LogP contribution in [0.2, 0.25) is 0 Å². The first kappa shape index (κ1) is 14.3. The summed E-state index contributed by atoms with van der Waals surface area (Å²) in [5.74, 6) is 1.86. The molecule has 0 aliphatic carbocycles. The first-order valence-corrected chi connectivity index (χ1v) is 6.43. The van der Waals surface area contributed by atoms with Gasteiger partial charge in [-0.1, -0.05) is 0 Å². The maximum Gasteiger partial charge on any atom is 0.240 e. The number of hydrogen-bond donors (Lipinski definition) is 1. The van der Waals surface area contributed by atoms with Crippen LogP contribution in [0.15, 0.2) is 29.0 Å². The zero-order valence-electron chi connectivity index (χ0n) is 11.9. The van der Waals surface area contributed by atoms with Gasteiger partial charge in [-0.3, -0.25) is 0 Å². The fourth-order valence-corrected chi connectivity index (χ4v) is 2.01. The number of methoxy groups -OCH3 is 2. The van der Waals surface area contributed by atoms with E-state index in [9.17, 15) is 0 Å². The van der Waals surface area contributed by atoms with Crippen LogP contribution in [0.3, 0.4) is 0 Å². The fourth-order valence-electron chi connectivity index (χ4n) is 2.01. The van der Waals surface area contributed by atoms with E-state index in [2.05, 4.69) is 15.3 Å². The van der Waals surface area contributed by atoms with Crippen molar-refractivity contribution < 1.29 is 13.9 Å². The molecule has 0 spiro atoms. The molecule has 108 valence electrons. The number of aryl methyl sites for hydroxylation is 1. The van der Waals surface area contributed by atoms with E-state index in [1.54, 1.807) is 26.7 Å². The number of aromatic nitrogens is 2. The third-order valence-corrected chi connectivity index (χ3v) is 3.09. The van der Waals surface area contributed by atoms with E-state index >= 15 is 0 Å². The molecule has 0 saturated heterocycles. The lowest BCUT2D eigenvalue weighted by Crippen LogP contribution is -2.20. The van der Waals surface area contributed by atoms with Gasteiger partial charge in [0.25, 0.3) is 0 Å². The molecule has 20 heavy (non-hydrogen) atoms. The van der Waals surface area contributed by atoms with E-state index in [-0.39, 0.29) is 6.04 Å². The summed E-state index contributed by atoms with van der Waals surface area (Å²) in [5.41, 5.74) is 0.766. The predicted octanol–water partition coefficient (Wildman–Crippen LogP) is 1.98. The molecule has 0 amide bonds. The van der Waals surface area contributed by atoms with Crippen molar-refractivity contribution in [3.63, 3.8) is 0 Å². The fraction of sp³-hybridized carbons (Fsp3) is 0.429. The van der Waals surface area contributed by atoms with E-state index < -0.39 is 0 Å². The van der Waals surface area contributed by atoms with Gasteiger partial charge >= 0.3 is 0 Å². The Hall–Kier alpha value is -2.08. The number of ether oxygens (including phenoxy) is 2. The standard InChI is InChI=1S/C14H19N3O3/c1-15-11(7-6-10-5-4-8-20-10)13-14(19-3)17-12(18-2)9-16-13/h4-5,8-9,11,15H,6-7H2,1-3H3. The lowest BCUT2D eigenvalue weighted by Gasteiger charge is -2.17. The Morgan fingerprint density at radius 2 is 2.20 bits per heavy atom.